The predicted octanol–water partition coefficient (Wildman–Crippen LogP) is 2.24. The van der Waals surface area contributed by atoms with Crippen molar-refractivity contribution in [2.45, 2.75) is 11.1 Å². The molecule has 2 heterocycles. The molecule has 1 unspecified atom stereocenters. The van der Waals surface area contributed by atoms with Gasteiger partial charge in [0.15, 0.2) is 11.5 Å². The molecule has 114 valence electrons. The van der Waals surface area contributed by atoms with Crippen LogP contribution in [0.3, 0.4) is 0 Å². The van der Waals surface area contributed by atoms with Gasteiger partial charge in [-0.05, 0) is 18.2 Å². The number of quaternary nitrogens is 1. The minimum absolute atomic E-state index is 0. The fourth-order valence-electron chi connectivity index (χ4n) is 1.82. The Labute approximate surface area is 125 Å². The molecule has 2 aromatic rings. The lowest BCUT2D eigenvalue weighted by Gasteiger charge is -2.26. The maximum absolute atomic E-state index is 11.0. The number of benzene rings is 1. The summed E-state index contributed by atoms with van der Waals surface area (Å²) in [6.07, 6.45) is -0.443. The fraction of sp³-hybridized carbons (Fsp3) is 0.167. The molecule has 21 heavy (non-hydrogen) atoms. The lowest BCUT2D eigenvalue weighted by molar-refractivity contribution is 0.111. The molecule has 0 fully saturated rings. The van der Waals surface area contributed by atoms with Gasteiger partial charge in [-0.15, -0.1) is 11.3 Å². The Morgan fingerprint density at radius 1 is 1.29 bits per heavy atom. The Morgan fingerprint density at radius 2 is 2.05 bits per heavy atom. The molecule has 0 aliphatic carbocycles. The van der Waals surface area contributed by atoms with Crippen molar-refractivity contribution in [2.75, 3.05) is 11.9 Å². The number of rotatable bonds is 3. The van der Waals surface area contributed by atoms with E-state index in [4.69, 9.17) is 9.47 Å². The maximum Gasteiger partial charge on any atom is 0.204 e. The highest BCUT2D eigenvalue weighted by Crippen LogP contribution is 2.35. The van der Waals surface area contributed by atoms with Gasteiger partial charge in [-0.3, -0.25) is 0 Å². The van der Waals surface area contributed by atoms with E-state index in [1.54, 1.807) is 6.07 Å². The summed E-state index contributed by atoms with van der Waals surface area (Å²) in [6.45, 7) is 0.290. The molecule has 9 heteroatoms. The summed E-state index contributed by atoms with van der Waals surface area (Å²) >= 11 is 1.47. The third-order valence-electron chi connectivity index (χ3n) is 2.70. The summed E-state index contributed by atoms with van der Waals surface area (Å²) < 4.78 is 44.0. The van der Waals surface area contributed by atoms with Crippen molar-refractivity contribution in [1.29, 1.82) is 0 Å². The van der Waals surface area contributed by atoms with Crippen LogP contribution in [-0.2, 0) is 10.1 Å². The molecular weight excluding hydrogens is 316 g/mol. The first-order chi connectivity index (χ1) is 9.52. The molecule has 0 saturated heterocycles. The second-order valence-corrected chi connectivity index (χ2v) is 6.27. The maximum atomic E-state index is 11.0. The van der Waals surface area contributed by atoms with Gasteiger partial charge in [0, 0.05) is 16.4 Å². The van der Waals surface area contributed by atoms with E-state index in [1.165, 1.54) is 29.5 Å². The standard InChI is InChI=1S/C12H11NO5S2.H3N/c14-20(15,16)9-3-1-2-8(4-9)13-12-5-17-10-6-19-7-11(10)18-12;/h1-4,6-7,12-13H,5H2,(H,14,15,16);1H3. The van der Waals surface area contributed by atoms with E-state index in [-0.39, 0.29) is 17.7 Å². The van der Waals surface area contributed by atoms with Crippen LogP contribution in [0.5, 0.6) is 11.5 Å². The van der Waals surface area contributed by atoms with Crippen molar-refractivity contribution in [3.05, 3.63) is 35.0 Å². The Morgan fingerprint density at radius 3 is 2.81 bits per heavy atom. The van der Waals surface area contributed by atoms with Gasteiger partial charge in [-0.2, -0.15) is 0 Å². The number of anilines is 1. The molecule has 7 nitrogen and oxygen atoms in total. The summed E-state index contributed by atoms with van der Waals surface area (Å²) in [5.74, 6) is 1.34. The Bertz CT molecular complexity index is 729. The average Bonchev–Trinajstić information content (AvgIpc) is 2.85. The molecule has 1 aliphatic heterocycles. The van der Waals surface area contributed by atoms with Crippen molar-refractivity contribution in [2.24, 2.45) is 0 Å². The highest BCUT2D eigenvalue weighted by molar-refractivity contribution is 7.85. The van der Waals surface area contributed by atoms with Crippen LogP contribution in [0.1, 0.15) is 0 Å². The summed E-state index contributed by atoms with van der Waals surface area (Å²) in [5.41, 5.74) is 0.481. The summed E-state index contributed by atoms with van der Waals surface area (Å²) in [4.78, 5) is -0.282. The zero-order valence-electron chi connectivity index (χ0n) is 11.1. The van der Waals surface area contributed by atoms with E-state index in [9.17, 15) is 13.0 Å². The van der Waals surface area contributed by atoms with Crippen LogP contribution in [0.25, 0.3) is 0 Å². The van der Waals surface area contributed by atoms with Crippen molar-refractivity contribution < 1.29 is 22.4 Å². The SMILES string of the molecule is O=S(=O)([O-])c1cccc(NC2COc3cscc3O2)c1.[NH4+]. The topological polar surface area (TPSA) is 124 Å². The molecule has 0 saturated carbocycles. The van der Waals surface area contributed by atoms with Crippen LogP contribution < -0.4 is 20.9 Å². The fourth-order valence-corrected chi connectivity index (χ4v) is 3.00. The van der Waals surface area contributed by atoms with Crippen LogP contribution in [0.2, 0.25) is 0 Å². The van der Waals surface area contributed by atoms with Gasteiger partial charge in [-0.1, -0.05) is 6.07 Å². The molecule has 3 rings (SSSR count). The van der Waals surface area contributed by atoms with Crippen LogP contribution in [-0.4, -0.2) is 25.8 Å². The van der Waals surface area contributed by atoms with Gasteiger partial charge < -0.3 is 25.5 Å². The lowest BCUT2D eigenvalue weighted by atomic mass is 10.3. The van der Waals surface area contributed by atoms with E-state index in [0.717, 1.165) is 0 Å². The number of thiophene rings is 1. The van der Waals surface area contributed by atoms with Crippen molar-refractivity contribution in [3.63, 3.8) is 0 Å². The molecule has 1 atom stereocenters. The van der Waals surface area contributed by atoms with Crippen molar-refractivity contribution >= 4 is 27.1 Å². The normalized spacial score (nSPS) is 16.9. The van der Waals surface area contributed by atoms with Crippen LogP contribution in [0.15, 0.2) is 39.9 Å². The van der Waals surface area contributed by atoms with Gasteiger partial charge in [-0.25, -0.2) is 8.42 Å². The molecular formula is C12H14N2O5S2. The molecule has 1 aromatic carbocycles. The molecule has 0 spiro atoms. The number of nitrogens with one attached hydrogen (secondary N) is 1. The number of hydrogen-bond acceptors (Lipinski definition) is 7. The van der Waals surface area contributed by atoms with Crippen LogP contribution in [0.4, 0.5) is 5.69 Å². The largest absolute Gasteiger partial charge is 0.744 e. The van der Waals surface area contributed by atoms with Crippen molar-refractivity contribution in [3.8, 4) is 11.5 Å². The van der Waals surface area contributed by atoms with Crippen molar-refractivity contribution in [1.82, 2.24) is 6.15 Å². The van der Waals surface area contributed by atoms with E-state index < -0.39 is 16.3 Å². The molecule has 0 radical (unpaired) electrons. The zero-order valence-corrected chi connectivity index (χ0v) is 12.7. The first-order valence-corrected chi connectivity index (χ1v) is 8.05. The Kier molecular flexibility index (Phi) is 4.37. The van der Waals surface area contributed by atoms with Gasteiger partial charge >= 0.3 is 0 Å². The third kappa shape index (κ3) is 3.45. The van der Waals surface area contributed by atoms with Gasteiger partial charge in [0.2, 0.25) is 6.23 Å². The second-order valence-electron chi connectivity index (χ2n) is 4.14. The molecule has 5 N–H and O–H groups in total. The van der Waals surface area contributed by atoms with Gasteiger partial charge in [0.25, 0.3) is 0 Å². The molecule has 1 aliphatic rings. The van der Waals surface area contributed by atoms with E-state index >= 15 is 0 Å². The molecule has 1 aromatic heterocycles. The van der Waals surface area contributed by atoms with Crippen LogP contribution in [0, 0.1) is 0 Å². The van der Waals surface area contributed by atoms with E-state index in [0.29, 0.717) is 17.2 Å². The Balaban J connectivity index is 0.00000161. The minimum Gasteiger partial charge on any atom is -0.744 e. The summed E-state index contributed by atoms with van der Waals surface area (Å²) in [5, 5.41) is 6.64. The number of fused-ring (bicyclic) bond motifs is 1. The predicted molar refractivity (Wildman–Crippen MR) is 78.2 cm³/mol. The summed E-state index contributed by atoms with van der Waals surface area (Å²) in [6, 6.07) is 5.67. The number of ether oxygens (including phenoxy) is 2. The smallest absolute Gasteiger partial charge is 0.204 e. The van der Waals surface area contributed by atoms with E-state index in [1.807, 2.05) is 10.8 Å². The van der Waals surface area contributed by atoms with E-state index in [2.05, 4.69) is 5.32 Å². The van der Waals surface area contributed by atoms with Crippen LogP contribution >= 0.6 is 11.3 Å². The molecule has 0 amide bonds. The highest BCUT2D eigenvalue weighted by atomic mass is 32.2. The van der Waals surface area contributed by atoms with Gasteiger partial charge in [0.05, 0.1) is 4.90 Å². The minimum atomic E-state index is -4.47. The number of hydrogen-bond donors (Lipinski definition) is 2. The molecule has 0 bridgehead atoms. The first kappa shape index (κ1) is 15.6. The summed E-state index contributed by atoms with van der Waals surface area (Å²) in [7, 11) is -4.47. The highest BCUT2D eigenvalue weighted by Gasteiger charge is 2.21. The third-order valence-corrected chi connectivity index (χ3v) is 4.23. The average molecular weight is 330 g/mol. The zero-order chi connectivity index (χ0) is 14.2. The quantitative estimate of drug-likeness (QED) is 0.832. The first-order valence-electron chi connectivity index (χ1n) is 5.70. The monoisotopic (exact) mass is 330 g/mol. The van der Waals surface area contributed by atoms with Gasteiger partial charge in [0.1, 0.15) is 16.7 Å². The Hall–Kier alpha value is -1.81. The second kappa shape index (κ2) is 5.90. The lowest BCUT2D eigenvalue weighted by Crippen LogP contribution is -2.35.